The van der Waals surface area contributed by atoms with E-state index in [0.29, 0.717) is 37.3 Å². The van der Waals surface area contributed by atoms with E-state index in [1.807, 2.05) is 82.4 Å². The second-order valence-corrected chi connectivity index (χ2v) is 13.5. The van der Waals surface area contributed by atoms with Crippen LogP contribution < -0.4 is 0 Å². The Hall–Kier alpha value is -2.47. The Morgan fingerprint density at radius 2 is 1.39 bits per heavy atom. The lowest BCUT2D eigenvalue weighted by Crippen LogP contribution is -2.51. The molecular formula is C32H38ClNO4. The van der Waals surface area contributed by atoms with Crippen molar-refractivity contribution < 1.29 is 19.8 Å². The van der Waals surface area contributed by atoms with Crippen molar-refractivity contribution in [1.82, 2.24) is 4.57 Å². The van der Waals surface area contributed by atoms with E-state index in [4.69, 9.17) is 11.6 Å². The van der Waals surface area contributed by atoms with Crippen LogP contribution in [0.3, 0.4) is 0 Å². The van der Waals surface area contributed by atoms with E-state index < -0.39 is 30.0 Å². The minimum atomic E-state index is -0.885. The van der Waals surface area contributed by atoms with Gasteiger partial charge in [-0.05, 0) is 53.0 Å². The maximum atomic E-state index is 13.7. The first-order chi connectivity index (χ1) is 17.8. The molecule has 1 aromatic heterocycles. The number of fused-ring (bicyclic) bond motifs is 1. The molecule has 0 radical (unpaired) electrons. The molecule has 0 amide bonds. The van der Waals surface area contributed by atoms with Crippen LogP contribution >= 0.6 is 11.6 Å². The molecule has 2 aliphatic rings. The molecule has 5 atom stereocenters. The van der Waals surface area contributed by atoms with Gasteiger partial charge in [0.2, 0.25) is 0 Å². The number of benzene rings is 2. The highest BCUT2D eigenvalue weighted by Gasteiger charge is 2.52. The maximum Gasteiger partial charge on any atom is 0.139 e. The Labute approximate surface area is 229 Å². The van der Waals surface area contributed by atoms with Gasteiger partial charge < -0.3 is 14.8 Å². The van der Waals surface area contributed by atoms with Gasteiger partial charge in [0, 0.05) is 47.4 Å². The largest absolute Gasteiger partial charge is 0.392 e. The van der Waals surface area contributed by atoms with E-state index in [1.165, 1.54) is 0 Å². The number of Topliss-reactive ketones (excluding diaryl/α,β-unsaturated/α-hetero) is 2. The minimum Gasteiger partial charge on any atom is -0.392 e. The van der Waals surface area contributed by atoms with Crippen LogP contribution in [0.15, 0.2) is 54.7 Å². The highest BCUT2D eigenvalue weighted by Crippen LogP contribution is 2.51. The summed E-state index contributed by atoms with van der Waals surface area (Å²) in [5, 5.41) is 24.5. The molecule has 0 bridgehead atoms. The number of nitrogens with zero attached hydrogens (tertiary/aromatic N) is 1. The number of aliphatic hydroxyl groups is 2. The first-order valence-corrected chi connectivity index (χ1v) is 14.0. The molecule has 0 aliphatic heterocycles. The van der Waals surface area contributed by atoms with Crippen molar-refractivity contribution >= 4 is 34.1 Å². The van der Waals surface area contributed by atoms with Gasteiger partial charge in [-0.1, -0.05) is 69.6 Å². The van der Waals surface area contributed by atoms with E-state index in [-0.39, 0.29) is 22.4 Å². The van der Waals surface area contributed by atoms with Gasteiger partial charge >= 0.3 is 0 Å². The van der Waals surface area contributed by atoms with Crippen molar-refractivity contribution in [2.45, 2.75) is 78.0 Å². The van der Waals surface area contributed by atoms with Gasteiger partial charge in [0.15, 0.2) is 0 Å². The topological polar surface area (TPSA) is 79.5 Å². The van der Waals surface area contributed by atoms with Gasteiger partial charge in [-0.25, -0.2) is 0 Å². The van der Waals surface area contributed by atoms with Crippen molar-refractivity contribution in [1.29, 1.82) is 0 Å². The fourth-order valence-corrected chi connectivity index (χ4v) is 7.21. The molecule has 5 nitrogen and oxygen atoms in total. The third-order valence-corrected chi connectivity index (χ3v) is 8.87. The van der Waals surface area contributed by atoms with E-state index in [2.05, 4.69) is 4.57 Å². The Morgan fingerprint density at radius 1 is 0.868 bits per heavy atom. The number of carbonyl (C=O) groups excluding carboxylic acids is 2. The first kappa shape index (κ1) is 27.1. The molecule has 0 saturated heterocycles. The van der Waals surface area contributed by atoms with Gasteiger partial charge in [0.1, 0.15) is 11.6 Å². The zero-order chi connectivity index (χ0) is 27.4. The summed E-state index contributed by atoms with van der Waals surface area (Å²) in [6, 6.07) is 15.7. The number of aromatic nitrogens is 1. The molecule has 2 saturated carbocycles. The van der Waals surface area contributed by atoms with Gasteiger partial charge in [0.05, 0.1) is 24.0 Å². The normalized spacial score (nSPS) is 28.0. The fraction of sp³-hybridized carbons (Fsp3) is 0.500. The summed E-state index contributed by atoms with van der Waals surface area (Å²) in [5.41, 5.74) is 2.29. The highest BCUT2D eigenvalue weighted by atomic mass is 35.5. The second kappa shape index (κ2) is 9.93. The number of rotatable bonds is 5. The summed E-state index contributed by atoms with van der Waals surface area (Å²) < 4.78 is 2.13. The van der Waals surface area contributed by atoms with Crippen LogP contribution in [0.25, 0.3) is 10.9 Å². The molecule has 0 spiro atoms. The molecular weight excluding hydrogens is 498 g/mol. The van der Waals surface area contributed by atoms with Gasteiger partial charge in [-0.2, -0.15) is 0 Å². The average Bonchev–Trinajstić information content (AvgIpc) is 3.15. The van der Waals surface area contributed by atoms with Crippen LogP contribution in [0.2, 0.25) is 5.02 Å². The van der Waals surface area contributed by atoms with Crippen LogP contribution in [0.1, 0.15) is 70.4 Å². The Balaban J connectivity index is 1.66. The average molecular weight is 536 g/mol. The summed E-state index contributed by atoms with van der Waals surface area (Å²) in [6.07, 6.45) is 1.91. The summed E-state index contributed by atoms with van der Waals surface area (Å²) in [5.74, 6) is -2.16. The number of halogens is 1. The van der Waals surface area contributed by atoms with E-state index in [1.54, 1.807) is 0 Å². The van der Waals surface area contributed by atoms with Crippen molar-refractivity contribution in [3.05, 3.63) is 70.9 Å². The first-order valence-electron chi connectivity index (χ1n) is 13.6. The lowest BCUT2D eigenvalue weighted by molar-refractivity contribution is -0.144. The van der Waals surface area contributed by atoms with Crippen LogP contribution in [-0.2, 0) is 16.1 Å². The predicted molar refractivity (Wildman–Crippen MR) is 150 cm³/mol. The van der Waals surface area contributed by atoms with E-state index in [0.717, 1.165) is 22.0 Å². The number of ketones is 2. The van der Waals surface area contributed by atoms with Crippen LogP contribution in [0.5, 0.6) is 0 Å². The molecule has 2 aromatic carbocycles. The number of hydrogen-bond acceptors (Lipinski definition) is 4. The summed E-state index contributed by atoms with van der Waals surface area (Å²) in [6.45, 7) is 8.59. The number of aliphatic hydroxyl groups excluding tert-OH is 2. The van der Waals surface area contributed by atoms with Crippen LogP contribution in [-0.4, -0.2) is 38.6 Å². The van der Waals surface area contributed by atoms with Crippen molar-refractivity contribution in [3.63, 3.8) is 0 Å². The third kappa shape index (κ3) is 5.21. The monoisotopic (exact) mass is 535 g/mol. The molecule has 202 valence electrons. The summed E-state index contributed by atoms with van der Waals surface area (Å²) in [4.78, 5) is 27.4. The highest BCUT2D eigenvalue weighted by molar-refractivity contribution is 6.30. The molecule has 38 heavy (non-hydrogen) atoms. The van der Waals surface area contributed by atoms with Gasteiger partial charge in [-0.15, -0.1) is 0 Å². The fourth-order valence-electron chi connectivity index (χ4n) is 7.09. The second-order valence-electron chi connectivity index (χ2n) is 13.1. The summed E-state index contributed by atoms with van der Waals surface area (Å²) in [7, 11) is 0. The van der Waals surface area contributed by atoms with E-state index >= 15 is 0 Å². The molecule has 1 heterocycles. The molecule has 2 fully saturated rings. The predicted octanol–water partition coefficient (Wildman–Crippen LogP) is 6.16. The standard InChI is InChI=1S/C32H38ClNO4/c1-31(2)13-24(35)29(25(36)14-31)28(30-26(37)15-32(3,4)16-27(30)38)22-18-34(23-8-6-5-7-21(22)23)17-19-9-11-20(33)12-10-19/h5-12,18,24,26,28-30,35,37H,13-17H2,1-4H3/t24-,26-,28?,29-,30+/m0/s1. The van der Waals surface area contributed by atoms with E-state index in [9.17, 15) is 19.8 Å². The lowest BCUT2D eigenvalue weighted by Gasteiger charge is -2.46. The molecule has 1 unspecified atom stereocenters. The maximum absolute atomic E-state index is 13.7. The smallest absolute Gasteiger partial charge is 0.139 e. The lowest BCUT2D eigenvalue weighted by atomic mass is 9.58. The zero-order valence-electron chi connectivity index (χ0n) is 22.7. The number of carbonyl (C=O) groups is 2. The minimum absolute atomic E-state index is 0.0295. The molecule has 3 aromatic rings. The Bertz CT molecular complexity index is 1310. The van der Waals surface area contributed by atoms with Gasteiger partial charge in [-0.3, -0.25) is 9.59 Å². The third-order valence-electron chi connectivity index (χ3n) is 8.62. The number of hydrogen-bond donors (Lipinski definition) is 2. The summed E-state index contributed by atoms with van der Waals surface area (Å²) >= 11 is 6.10. The van der Waals surface area contributed by atoms with Gasteiger partial charge in [0.25, 0.3) is 0 Å². The van der Waals surface area contributed by atoms with Crippen molar-refractivity contribution in [2.24, 2.45) is 22.7 Å². The number of para-hydroxylation sites is 1. The Morgan fingerprint density at radius 3 is 1.92 bits per heavy atom. The van der Waals surface area contributed by atoms with Crippen LogP contribution in [0, 0.1) is 22.7 Å². The molecule has 2 N–H and O–H groups in total. The van der Waals surface area contributed by atoms with Crippen molar-refractivity contribution in [2.75, 3.05) is 0 Å². The SMILES string of the molecule is CC1(C)CC(=O)[C@H](C(c2cn(Cc3ccc(Cl)cc3)c3ccccc23)[C@@H]2C(=O)CC(C)(C)C[C@@H]2O)[C@@H](O)C1. The molecule has 2 aliphatic carbocycles. The van der Waals surface area contributed by atoms with Crippen molar-refractivity contribution in [3.8, 4) is 0 Å². The quantitative estimate of drug-likeness (QED) is 0.410. The Kier molecular flexibility index (Phi) is 7.08. The zero-order valence-corrected chi connectivity index (χ0v) is 23.4. The van der Waals surface area contributed by atoms with Crippen LogP contribution in [0.4, 0.5) is 0 Å². The molecule has 5 rings (SSSR count). The molecule has 6 heteroatoms.